The number of halogens is 1. The lowest BCUT2D eigenvalue weighted by molar-refractivity contribution is 0.101. The highest BCUT2D eigenvalue weighted by atomic mass is 19.1. The Balaban J connectivity index is 2.08. The summed E-state index contributed by atoms with van der Waals surface area (Å²) in [7, 11) is 0. The van der Waals surface area contributed by atoms with Crippen molar-refractivity contribution in [3.05, 3.63) is 58.9 Å². The third-order valence-corrected chi connectivity index (χ3v) is 4.03. The van der Waals surface area contributed by atoms with Gasteiger partial charge in [0.25, 0.3) is 0 Å². The first kappa shape index (κ1) is 13.0. The Morgan fingerprint density at radius 1 is 1.00 bits per heavy atom. The van der Waals surface area contributed by atoms with Gasteiger partial charge in [0.15, 0.2) is 5.78 Å². The molecule has 0 spiro atoms. The second kappa shape index (κ2) is 5.20. The van der Waals surface area contributed by atoms with Gasteiger partial charge in [-0.15, -0.1) is 0 Å². The molecule has 0 unspecified atom stereocenters. The van der Waals surface area contributed by atoms with Crippen molar-refractivity contribution in [3.8, 4) is 11.1 Å². The van der Waals surface area contributed by atoms with Crippen LogP contribution in [0.25, 0.3) is 11.1 Å². The fraction of sp³-hybridized carbons (Fsp3) is 0.278. The van der Waals surface area contributed by atoms with E-state index in [2.05, 4.69) is 12.1 Å². The number of Topliss-reactive ketones (excluding diaryl/α,β-unsaturated/α-hetero) is 1. The van der Waals surface area contributed by atoms with Gasteiger partial charge < -0.3 is 0 Å². The smallest absolute Gasteiger partial charge is 0.159 e. The van der Waals surface area contributed by atoms with Gasteiger partial charge in [0.05, 0.1) is 0 Å². The van der Waals surface area contributed by atoms with E-state index >= 15 is 0 Å². The molecule has 0 aromatic heterocycles. The van der Waals surface area contributed by atoms with Crippen LogP contribution in [0.5, 0.6) is 0 Å². The van der Waals surface area contributed by atoms with Crippen LogP contribution < -0.4 is 0 Å². The SMILES string of the molecule is CC(=O)c1ccc(F)c(-c2ccc3c(c2)CCCC3)c1. The molecule has 0 amide bonds. The molecule has 0 fully saturated rings. The first-order valence-electron chi connectivity index (χ1n) is 7.08. The molecular formula is C18H17FO. The van der Waals surface area contributed by atoms with E-state index in [1.807, 2.05) is 6.07 Å². The Hall–Kier alpha value is -1.96. The monoisotopic (exact) mass is 268 g/mol. The van der Waals surface area contributed by atoms with E-state index in [0.29, 0.717) is 11.1 Å². The van der Waals surface area contributed by atoms with E-state index in [0.717, 1.165) is 18.4 Å². The maximum atomic E-state index is 14.0. The number of fused-ring (bicyclic) bond motifs is 1. The first-order valence-corrected chi connectivity index (χ1v) is 7.08. The topological polar surface area (TPSA) is 17.1 Å². The minimum atomic E-state index is -0.272. The van der Waals surface area contributed by atoms with Gasteiger partial charge in [-0.1, -0.05) is 18.2 Å². The van der Waals surface area contributed by atoms with Crippen LogP contribution >= 0.6 is 0 Å². The summed E-state index contributed by atoms with van der Waals surface area (Å²) in [5.41, 5.74) is 4.64. The molecule has 0 heterocycles. The normalized spacial score (nSPS) is 13.9. The molecule has 20 heavy (non-hydrogen) atoms. The molecule has 3 rings (SSSR count). The van der Waals surface area contributed by atoms with Crippen molar-refractivity contribution in [1.29, 1.82) is 0 Å². The standard InChI is InChI=1S/C18H17FO/c1-12(20)14-8-9-18(19)17(11-14)16-7-6-13-4-2-3-5-15(13)10-16/h6-11H,2-5H2,1H3. The lowest BCUT2D eigenvalue weighted by Gasteiger charge is -2.17. The van der Waals surface area contributed by atoms with Crippen LogP contribution in [0, 0.1) is 5.82 Å². The van der Waals surface area contributed by atoms with Gasteiger partial charge in [0.1, 0.15) is 5.82 Å². The molecule has 0 bridgehead atoms. The fourth-order valence-corrected chi connectivity index (χ4v) is 2.87. The van der Waals surface area contributed by atoms with Crippen LogP contribution in [-0.2, 0) is 12.8 Å². The van der Waals surface area contributed by atoms with Crippen LogP contribution in [0.2, 0.25) is 0 Å². The van der Waals surface area contributed by atoms with Crippen LogP contribution in [0.15, 0.2) is 36.4 Å². The summed E-state index contributed by atoms with van der Waals surface area (Å²) >= 11 is 0. The maximum Gasteiger partial charge on any atom is 0.159 e. The summed E-state index contributed by atoms with van der Waals surface area (Å²) in [5, 5.41) is 0. The average Bonchev–Trinajstić information content (AvgIpc) is 2.47. The lowest BCUT2D eigenvalue weighted by Crippen LogP contribution is -2.02. The predicted molar refractivity (Wildman–Crippen MR) is 78.5 cm³/mol. The summed E-state index contributed by atoms with van der Waals surface area (Å²) < 4.78 is 14.0. The van der Waals surface area contributed by atoms with Crippen molar-refractivity contribution < 1.29 is 9.18 Å². The Kier molecular flexibility index (Phi) is 3.39. The fourth-order valence-electron chi connectivity index (χ4n) is 2.87. The zero-order valence-corrected chi connectivity index (χ0v) is 11.6. The molecule has 2 aromatic carbocycles. The second-order valence-electron chi connectivity index (χ2n) is 5.44. The van der Waals surface area contributed by atoms with Gasteiger partial charge in [-0.05, 0) is 67.5 Å². The quantitative estimate of drug-likeness (QED) is 0.729. The molecule has 1 aliphatic carbocycles. The number of hydrogen-bond donors (Lipinski definition) is 0. The molecule has 0 saturated carbocycles. The highest BCUT2D eigenvalue weighted by molar-refractivity contribution is 5.95. The molecule has 2 heteroatoms. The third-order valence-electron chi connectivity index (χ3n) is 4.03. The predicted octanol–water partition coefficient (Wildman–Crippen LogP) is 4.57. The van der Waals surface area contributed by atoms with E-state index < -0.39 is 0 Å². The number of hydrogen-bond acceptors (Lipinski definition) is 1. The highest BCUT2D eigenvalue weighted by Gasteiger charge is 2.13. The molecule has 0 N–H and O–H groups in total. The summed E-state index contributed by atoms with van der Waals surface area (Å²) in [6.45, 7) is 1.50. The Morgan fingerprint density at radius 2 is 1.75 bits per heavy atom. The van der Waals surface area contributed by atoms with Crippen molar-refractivity contribution in [1.82, 2.24) is 0 Å². The Morgan fingerprint density at radius 3 is 2.50 bits per heavy atom. The van der Waals surface area contributed by atoms with Gasteiger partial charge in [-0.25, -0.2) is 4.39 Å². The van der Waals surface area contributed by atoms with Crippen molar-refractivity contribution in [3.63, 3.8) is 0 Å². The molecule has 1 aliphatic rings. The van der Waals surface area contributed by atoms with Crippen molar-refractivity contribution in [2.75, 3.05) is 0 Å². The van der Waals surface area contributed by atoms with Crippen LogP contribution in [0.3, 0.4) is 0 Å². The molecule has 1 nitrogen and oxygen atoms in total. The van der Waals surface area contributed by atoms with Gasteiger partial charge >= 0.3 is 0 Å². The van der Waals surface area contributed by atoms with Crippen molar-refractivity contribution in [2.24, 2.45) is 0 Å². The average molecular weight is 268 g/mol. The molecule has 0 atom stereocenters. The number of benzene rings is 2. The molecular weight excluding hydrogens is 251 g/mol. The summed E-state index contributed by atoms with van der Waals surface area (Å²) in [6, 6.07) is 10.7. The van der Waals surface area contributed by atoms with E-state index in [1.165, 1.54) is 37.0 Å². The Labute approximate surface area is 118 Å². The second-order valence-corrected chi connectivity index (χ2v) is 5.44. The molecule has 102 valence electrons. The zero-order chi connectivity index (χ0) is 14.1. The first-order chi connectivity index (χ1) is 9.65. The maximum absolute atomic E-state index is 14.0. The molecule has 0 saturated heterocycles. The number of rotatable bonds is 2. The molecule has 2 aromatic rings. The minimum absolute atomic E-state index is 0.0378. The summed E-state index contributed by atoms with van der Waals surface area (Å²) in [4.78, 5) is 11.5. The van der Waals surface area contributed by atoms with Crippen molar-refractivity contribution >= 4 is 5.78 Å². The van der Waals surface area contributed by atoms with Gasteiger partial charge in [0.2, 0.25) is 0 Å². The van der Waals surface area contributed by atoms with Crippen LogP contribution in [0.1, 0.15) is 41.3 Å². The third kappa shape index (κ3) is 2.38. The molecule has 0 radical (unpaired) electrons. The summed E-state index contributed by atoms with van der Waals surface area (Å²) in [6.07, 6.45) is 4.62. The number of ketones is 1. The lowest BCUT2D eigenvalue weighted by atomic mass is 9.88. The van der Waals surface area contributed by atoms with Crippen LogP contribution in [0.4, 0.5) is 4.39 Å². The van der Waals surface area contributed by atoms with Gasteiger partial charge in [-0.2, -0.15) is 0 Å². The summed E-state index contributed by atoms with van der Waals surface area (Å²) in [5.74, 6) is -0.310. The van der Waals surface area contributed by atoms with Crippen LogP contribution in [-0.4, -0.2) is 5.78 Å². The Bertz CT molecular complexity index is 673. The van der Waals surface area contributed by atoms with E-state index in [9.17, 15) is 9.18 Å². The van der Waals surface area contributed by atoms with E-state index in [-0.39, 0.29) is 11.6 Å². The largest absolute Gasteiger partial charge is 0.295 e. The zero-order valence-electron chi connectivity index (χ0n) is 11.6. The molecule has 0 aliphatic heterocycles. The van der Waals surface area contributed by atoms with Gasteiger partial charge in [0, 0.05) is 11.1 Å². The number of carbonyl (C=O) groups excluding carboxylic acids is 1. The minimum Gasteiger partial charge on any atom is -0.295 e. The van der Waals surface area contributed by atoms with E-state index in [4.69, 9.17) is 0 Å². The van der Waals surface area contributed by atoms with E-state index in [1.54, 1.807) is 12.1 Å². The van der Waals surface area contributed by atoms with Crippen molar-refractivity contribution in [2.45, 2.75) is 32.6 Å². The number of carbonyl (C=O) groups is 1. The van der Waals surface area contributed by atoms with Gasteiger partial charge in [-0.3, -0.25) is 4.79 Å². The highest BCUT2D eigenvalue weighted by Crippen LogP contribution is 2.29. The number of aryl methyl sites for hydroxylation is 2.